The van der Waals surface area contributed by atoms with Crippen molar-refractivity contribution in [1.29, 1.82) is 0 Å². The highest BCUT2D eigenvalue weighted by Gasteiger charge is 2.16. The number of fused-ring (bicyclic) bond motifs is 2. The molecule has 0 bridgehead atoms. The molecular weight excluding hydrogens is 578 g/mol. The Labute approximate surface area is 259 Å². The fraction of sp³-hybridized carbons (Fsp3) is 0.312. The van der Waals surface area contributed by atoms with Gasteiger partial charge in [0.25, 0.3) is 5.91 Å². The number of amides is 1. The van der Waals surface area contributed by atoms with Crippen LogP contribution in [0.2, 0.25) is 0 Å². The summed E-state index contributed by atoms with van der Waals surface area (Å²) in [7, 11) is 5.34. The third-order valence-corrected chi connectivity index (χ3v) is 8.55. The number of hydrogen-bond donors (Lipinski definition) is 2. The molecule has 1 aliphatic heterocycles. The molecule has 0 atom stereocenters. The van der Waals surface area contributed by atoms with Crippen LogP contribution in [-0.4, -0.2) is 91.3 Å². The highest BCUT2D eigenvalue weighted by atomic mass is 32.1. The van der Waals surface area contributed by atoms with Gasteiger partial charge < -0.3 is 34.6 Å². The molecule has 0 unspecified atom stereocenters. The van der Waals surface area contributed by atoms with Crippen LogP contribution in [0, 0.1) is 0 Å². The second kappa shape index (κ2) is 13.4. The highest BCUT2D eigenvalue weighted by molar-refractivity contribution is 7.22. The molecule has 1 amide bonds. The Morgan fingerprint density at radius 1 is 0.932 bits per heavy atom. The Morgan fingerprint density at radius 2 is 1.75 bits per heavy atom. The van der Waals surface area contributed by atoms with Gasteiger partial charge in [0, 0.05) is 49.9 Å². The van der Waals surface area contributed by atoms with Crippen molar-refractivity contribution in [2.75, 3.05) is 71.2 Å². The number of thiazole rings is 1. The SMILES string of the molecule is COc1cc2c(Nc3nc4ccc(NC(=O)c5ccccc5OC)cc4s3)ncnc2cc1OCCCN1CCN(C)CC1. The van der Waals surface area contributed by atoms with Gasteiger partial charge in [-0.25, -0.2) is 15.0 Å². The molecule has 0 spiro atoms. The standard InChI is InChI=1S/C32H35N7O4S/c1-38-12-14-39(15-13-38)11-6-16-43-28-19-25-23(18-27(28)42-3)30(34-20-33-25)37-32-36-24-10-9-21(17-29(24)44-32)35-31(40)22-7-4-5-8-26(22)41-2/h4-5,7-10,17-20H,6,11-16H2,1-3H3,(H,35,40)(H,33,34,36,37). The average molecular weight is 614 g/mol. The summed E-state index contributed by atoms with van der Waals surface area (Å²) >= 11 is 1.46. The number of methoxy groups -OCH3 is 2. The molecule has 12 heteroatoms. The second-order valence-electron chi connectivity index (χ2n) is 10.6. The number of benzene rings is 3. The van der Waals surface area contributed by atoms with Crippen LogP contribution in [0.3, 0.4) is 0 Å². The van der Waals surface area contributed by atoms with Gasteiger partial charge in [-0.05, 0) is 49.9 Å². The van der Waals surface area contributed by atoms with E-state index in [1.165, 1.54) is 17.7 Å². The van der Waals surface area contributed by atoms with E-state index in [2.05, 4.69) is 37.4 Å². The zero-order chi connectivity index (χ0) is 30.5. The van der Waals surface area contributed by atoms with Crippen LogP contribution < -0.4 is 24.8 Å². The Kier molecular flexibility index (Phi) is 9.01. The molecule has 3 aromatic carbocycles. The molecule has 0 aliphatic carbocycles. The lowest BCUT2D eigenvalue weighted by atomic mass is 10.2. The predicted molar refractivity (Wildman–Crippen MR) is 174 cm³/mol. The van der Waals surface area contributed by atoms with E-state index < -0.39 is 0 Å². The summed E-state index contributed by atoms with van der Waals surface area (Å²) in [5, 5.41) is 7.75. The Bertz CT molecular complexity index is 1770. The zero-order valence-corrected chi connectivity index (χ0v) is 25.8. The number of rotatable bonds is 11. The number of nitrogens with zero attached hydrogens (tertiary/aromatic N) is 5. The molecule has 1 saturated heterocycles. The first-order chi connectivity index (χ1) is 21.5. The fourth-order valence-corrected chi connectivity index (χ4v) is 6.07. The fourth-order valence-electron chi connectivity index (χ4n) is 5.17. The van der Waals surface area contributed by atoms with Crippen molar-refractivity contribution in [1.82, 2.24) is 24.8 Å². The third kappa shape index (κ3) is 6.67. The van der Waals surface area contributed by atoms with E-state index in [0.717, 1.165) is 60.3 Å². The van der Waals surface area contributed by atoms with Crippen molar-refractivity contribution in [3.63, 3.8) is 0 Å². The van der Waals surface area contributed by atoms with Gasteiger partial charge in [0.05, 0.1) is 42.1 Å². The predicted octanol–water partition coefficient (Wildman–Crippen LogP) is 5.27. The molecule has 1 aliphatic rings. The molecule has 0 radical (unpaired) electrons. The van der Waals surface area contributed by atoms with Crippen molar-refractivity contribution < 1.29 is 19.0 Å². The van der Waals surface area contributed by atoms with E-state index >= 15 is 0 Å². The maximum atomic E-state index is 12.9. The van der Waals surface area contributed by atoms with Crippen LogP contribution in [0.4, 0.5) is 16.6 Å². The van der Waals surface area contributed by atoms with Gasteiger partial charge >= 0.3 is 0 Å². The largest absolute Gasteiger partial charge is 0.496 e. The lowest BCUT2D eigenvalue weighted by Gasteiger charge is -2.32. The van der Waals surface area contributed by atoms with Crippen LogP contribution in [0.5, 0.6) is 17.2 Å². The molecular formula is C32H35N7O4S. The molecule has 11 nitrogen and oxygen atoms in total. The van der Waals surface area contributed by atoms with Gasteiger partial charge in [-0.1, -0.05) is 23.5 Å². The number of carbonyl (C=O) groups excluding carboxylic acids is 1. The number of hydrogen-bond acceptors (Lipinski definition) is 11. The summed E-state index contributed by atoms with van der Waals surface area (Å²) in [5.74, 6) is 2.16. The van der Waals surface area contributed by atoms with Crippen LogP contribution in [0.1, 0.15) is 16.8 Å². The molecule has 6 rings (SSSR count). The summed E-state index contributed by atoms with van der Waals surface area (Å²) in [6.45, 7) is 6.01. The average Bonchev–Trinajstić information content (AvgIpc) is 3.45. The summed E-state index contributed by atoms with van der Waals surface area (Å²) in [4.78, 5) is 31.4. The molecule has 2 N–H and O–H groups in total. The number of aromatic nitrogens is 3. The molecule has 0 saturated carbocycles. The maximum absolute atomic E-state index is 12.9. The monoisotopic (exact) mass is 613 g/mol. The number of nitrogens with one attached hydrogen (secondary N) is 2. The summed E-state index contributed by atoms with van der Waals surface area (Å²) in [6, 6.07) is 16.5. The van der Waals surface area contributed by atoms with E-state index in [1.54, 1.807) is 32.4 Å². The summed E-state index contributed by atoms with van der Waals surface area (Å²) < 4.78 is 18.1. The van der Waals surface area contributed by atoms with Crippen molar-refractivity contribution in [3.8, 4) is 17.2 Å². The van der Waals surface area contributed by atoms with Crippen molar-refractivity contribution in [2.45, 2.75) is 6.42 Å². The van der Waals surface area contributed by atoms with Crippen LogP contribution in [-0.2, 0) is 0 Å². The quantitative estimate of drug-likeness (QED) is 0.191. The minimum Gasteiger partial charge on any atom is -0.496 e. The van der Waals surface area contributed by atoms with Crippen molar-refractivity contribution >= 4 is 55.0 Å². The van der Waals surface area contributed by atoms with Crippen molar-refractivity contribution in [3.05, 3.63) is 66.5 Å². The van der Waals surface area contributed by atoms with Crippen molar-refractivity contribution in [2.24, 2.45) is 0 Å². The maximum Gasteiger partial charge on any atom is 0.259 e. The first-order valence-corrected chi connectivity index (χ1v) is 15.3. The summed E-state index contributed by atoms with van der Waals surface area (Å²) in [6.07, 6.45) is 2.46. The number of ether oxygens (including phenoxy) is 3. The smallest absolute Gasteiger partial charge is 0.259 e. The summed E-state index contributed by atoms with van der Waals surface area (Å²) in [5.41, 5.74) is 2.67. The first-order valence-electron chi connectivity index (χ1n) is 14.5. The molecule has 44 heavy (non-hydrogen) atoms. The lowest BCUT2D eigenvalue weighted by Crippen LogP contribution is -2.44. The van der Waals surface area contributed by atoms with Crippen LogP contribution >= 0.6 is 11.3 Å². The Hall–Kier alpha value is -4.52. The zero-order valence-electron chi connectivity index (χ0n) is 25.0. The molecule has 2 aromatic heterocycles. The van der Waals surface area contributed by atoms with Gasteiger partial charge in [-0.15, -0.1) is 0 Å². The normalized spacial score (nSPS) is 14.1. The van der Waals surface area contributed by atoms with Gasteiger partial charge in [-0.3, -0.25) is 4.79 Å². The molecule has 5 aromatic rings. The van der Waals surface area contributed by atoms with E-state index in [0.29, 0.717) is 46.1 Å². The van der Waals surface area contributed by atoms with E-state index in [-0.39, 0.29) is 5.91 Å². The number of piperazine rings is 1. The number of anilines is 3. The number of carbonyl (C=O) groups is 1. The van der Waals surface area contributed by atoms with Gasteiger partial charge in [-0.2, -0.15) is 0 Å². The van der Waals surface area contributed by atoms with E-state index in [4.69, 9.17) is 19.2 Å². The Morgan fingerprint density at radius 3 is 2.57 bits per heavy atom. The van der Waals surface area contributed by atoms with Crippen LogP contribution in [0.25, 0.3) is 21.1 Å². The third-order valence-electron chi connectivity index (χ3n) is 7.62. The molecule has 3 heterocycles. The lowest BCUT2D eigenvalue weighted by molar-refractivity contribution is 0.102. The topological polar surface area (TPSA) is 114 Å². The second-order valence-corrected chi connectivity index (χ2v) is 11.6. The number of likely N-dealkylation sites (N-methyl/N-ethyl adjacent to an activating group) is 1. The minimum absolute atomic E-state index is 0.246. The van der Waals surface area contributed by atoms with E-state index in [1.807, 2.05) is 36.4 Å². The van der Waals surface area contributed by atoms with Gasteiger partial charge in [0.2, 0.25) is 0 Å². The minimum atomic E-state index is -0.246. The van der Waals surface area contributed by atoms with Crippen LogP contribution in [0.15, 0.2) is 60.9 Å². The Balaban J connectivity index is 1.14. The number of para-hydroxylation sites is 1. The van der Waals surface area contributed by atoms with E-state index in [9.17, 15) is 4.79 Å². The highest BCUT2D eigenvalue weighted by Crippen LogP contribution is 2.36. The van der Waals surface area contributed by atoms with Gasteiger partial charge in [0.15, 0.2) is 16.6 Å². The van der Waals surface area contributed by atoms with Gasteiger partial charge in [0.1, 0.15) is 17.9 Å². The molecule has 1 fully saturated rings. The molecule has 228 valence electrons. The first kappa shape index (κ1) is 29.5.